The smallest absolute Gasteiger partial charge is 0.314 e. The molecule has 76 valence electrons. The van der Waals surface area contributed by atoms with Crippen LogP contribution >= 0.6 is 0 Å². The number of rotatable bonds is 1. The number of sulfone groups is 1. The minimum atomic E-state index is -2.83. The molecule has 1 heterocycles. The van der Waals surface area contributed by atoms with E-state index in [1.807, 2.05) is 0 Å². The molecule has 0 aromatic rings. The van der Waals surface area contributed by atoms with Gasteiger partial charge in [-0.2, -0.15) is 0 Å². The van der Waals surface area contributed by atoms with Crippen molar-refractivity contribution in [1.82, 2.24) is 10.6 Å². The van der Waals surface area contributed by atoms with E-state index < -0.39 is 9.84 Å². The van der Waals surface area contributed by atoms with Crippen LogP contribution in [-0.2, 0) is 9.84 Å². The van der Waals surface area contributed by atoms with Gasteiger partial charge in [0, 0.05) is 13.1 Å². The fourth-order valence-corrected chi connectivity index (χ4v) is 2.78. The molecule has 0 bridgehead atoms. The van der Waals surface area contributed by atoms with Gasteiger partial charge in [-0.05, 0) is 12.8 Å². The van der Waals surface area contributed by atoms with Crippen LogP contribution in [0.1, 0.15) is 12.8 Å². The van der Waals surface area contributed by atoms with Crippen molar-refractivity contribution in [3.8, 4) is 0 Å². The molecule has 1 aliphatic rings. The molecule has 13 heavy (non-hydrogen) atoms. The summed E-state index contributed by atoms with van der Waals surface area (Å²) in [6, 6.07) is -0.243. The van der Waals surface area contributed by atoms with Crippen LogP contribution < -0.4 is 10.6 Å². The minimum Gasteiger partial charge on any atom is -0.341 e. The van der Waals surface area contributed by atoms with E-state index in [0.717, 1.165) is 0 Å². The monoisotopic (exact) mass is 206 g/mol. The summed E-state index contributed by atoms with van der Waals surface area (Å²) in [4.78, 5) is 10.9. The fraction of sp³-hybridized carbons (Fsp3) is 0.857. The summed E-state index contributed by atoms with van der Waals surface area (Å²) < 4.78 is 22.0. The predicted octanol–water partition coefficient (Wildman–Crippen LogP) is -0.507. The Balaban J connectivity index is 2.38. The number of urea groups is 1. The normalized spacial score (nSPS) is 22.2. The SMILES string of the molecule is CNC(=O)NC1CCS(=O)(=O)CC1. The van der Waals surface area contributed by atoms with Gasteiger partial charge >= 0.3 is 6.03 Å². The maximum Gasteiger partial charge on any atom is 0.314 e. The van der Waals surface area contributed by atoms with E-state index in [0.29, 0.717) is 12.8 Å². The summed E-state index contributed by atoms with van der Waals surface area (Å²) in [7, 11) is -1.29. The molecule has 1 rings (SSSR count). The van der Waals surface area contributed by atoms with Gasteiger partial charge in [0.25, 0.3) is 0 Å². The molecule has 5 nitrogen and oxygen atoms in total. The van der Waals surface area contributed by atoms with Crippen LogP contribution in [0.3, 0.4) is 0 Å². The summed E-state index contributed by atoms with van der Waals surface area (Å²) in [5.74, 6) is 0.364. The lowest BCUT2D eigenvalue weighted by atomic mass is 10.2. The number of nitrogens with one attached hydrogen (secondary N) is 2. The highest BCUT2D eigenvalue weighted by atomic mass is 32.2. The maximum absolute atomic E-state index is 11.0. The number of amides is 2. The summed E-state index contributed by atoms with van der Waals surface area (Å²) in [5, 5.41) is 5.13. The van der Waals surface area contributed by atoms with E-state index in [2.05, 4.69) is 10.6 Å². The van der Waals surface area contributed by atoms with E-state index in [4.69, 9.17) is 0 Å². The van der Waals surface area contributed by atoms with Crippen LogP contribution in [-0.4, -0.2) is 39.0 Å². The Morgan fingerprint density at radius 3 is 2.31 bits per heavy atom. The molecular weight excluding hydrogens is 192 g/mol. The van der Waals surface area contributed by atoms with Gasteiger partial charge in [-0.3, -0.25) is 0 Å². The Labute approximate surface area is 77.8 Å². The average molecular weight is 206 g/mol. The van der Waals surface area contributed by atoms with Crippen molar-refractivity contribution < 1.29 is 13.2 Å². The van der Waals surface area contributed by atoms with E-state index in [1.165, 1.54) is 7.05 Å². The number of carbonyl (C=O) groups is 1. The summed E-state index contributed by atoms with van der Waals surface area (Å²) in [5.41, 5.74) is 0. The van der Waals surface area contributed by atoms with Crippen LogP contribution in [0.25, 0.3) is 0 Å². The second kappa shape index (κ2) is 3.95. The molecule has 2 N–H and O–H groups in total. The number of carbonyl (C=O) groups excluding carboxylic acids is 1. The lowest BCUT2D eigenvalue weighted by Gasteiger charge is -2.22. The van der Waals surface area contributed by atoms with Gasteiger partial charge in [0.1, 0.15) is 9.84 Å². The summed E-state index contributed by atoms with van der Waals surface area (Å²) in [6.45, 7) is 0. The van der Waals surface area contributed by atoms with Crippen molar-refractivity contribution in [2.75, 3.05) is 18.6 Å². The Morgan fingerprint density at radius 2 is 1.85 bits per heavy atom. The third-order valence-electron chi connectivity index (χ3n) is 2.12. The van der Waals surface area contributed by atoms with Crippen LogP contribution in [0, 0.1) is 0 Å². The molecule has 0 radical (unpaired) electrons. The number of hydrogen-bond donors (Lipinski definition) is 2. The van der Waals surface area contributed by atoms with Crippen LogP contribution in [0.15, 0.2) is 0 Å². The number of hydrogen-bond acceptors (Lipinski definition) is 3. The zero-order valence-corrected chi connectivity index (χ0v) is 8.36. The first-order valence-corrected chi connectivity index (χ1v) is 6.04. The molecule has 0 saturated carbocycles. The zero-order chi connectivity index (χ0) is 9.90. The Bertz CT molecular complexity index is 272. The molecular formula is C7H14N2O3S. The van der Waals surface area contributed by atoms with E-state index in [9.17, 15) is 13.2 Å². The fourth-order valence-electron chi connectivity index (χ4n) is 1.29. The molecule has 0 aliphatic carbocycles. The maximum atomic E-state index is 11.0. The van der Waals surface area contributed by atoms with Gasteiger partial charge in [-0.1, -0.05) is 0 Å². The minimum absolute atomic E-state index is 0.00322. The first-order valence-electron chi connectivity index (χ1n) is 4.22. The van der Waals surface area contributed by atoms with E-state index in [1.54, 1.807) is 0 Å². The molecule has 6 heteroatoms. The third-order valence-corrected chi connectivity index (χ3v) is 3.83. The van der Waals surface area contributed by atoms with Crippen LogP contribution in [0.2, 0.25) is 0 Å². The van der Waals surface area contributed by atoms with Gasteiger partial charge in [0.05, 0.1) is 11.5 Å². The van der Waals surface area contributed by atoms with Gasteiger partial charge in [0.2, 0.25) is 0 Å². The first-order chi connectivity index (χ1) is 6.03. The molecule has 0 aromatic carbocycles. The molecule has 0 unspecified atom stereocenters. The largest absolute Gasteiger partial charge is 0.341 e. The highest BCUT2D eigenvalue weighted by Crippen LogP contribution is 2.11. The average Bonchev–Trinajstić information content (AvgIpc) is 2.08. The molecule has 1 fully saturated rings. The summed E-state index contributed by atoms with van der Waals surface area (Å²) in [6.07, 6.45) is 1.05. The molecule has 2 amide bonds. The lowest BCUT2D eigenvalue weighted by molar-refractivity contribution is 0.238. The Kier molecular flexibility index (Phi) is 3.13. The lowest BCUT2D eigenvalue weighted by Crippen LogP contribution is -2.44. The second-order valence-corrected chi connectivity index (χ2v) is 5.45. The Hall–Kier alpha value is -0.780. The van der Waals surface area contributed by atoms with E-state index in [-0.39, 0.29) is 23.6 Å². The van der Waals surface area contributed by atoms with Crippen molar-refractivity contribution >= 4 is 15.9 Å². The van der Waals surface area contributed by atoms with Crippen LogP contribution in [0.4, 0.5) is 4.79 Å². The topological polar surface area (TPSA) is 75.3 Å². The van der Waals surface area contributed by atoms with Crippen molar-refractivity contribution in [1.29, 1.82) is 0 Å². The Morgan fingerprint density at radius 1 is 1.31 bits per heavy atom. The highest BCUT2D eigenvalue weighted by Gasteiger charge is 2.24. The van der Waals surface area contributed by atoms with Gasteiger partial charge in [0.15, 0.2) is 0 Å². The van der Waals surface area contributed by atoms with Crippen molar-refractivity contribution in [3.05, 3.63) is 0 Å². The molecule has 1 aliphatic heterocycles. The highest BCUT2D eigenvalue weighted by molar-refractivity contribution is 7.91. The molecule has 1 saturated heterocycles. The van der Waals surface area contributed by atoms with Crippen LogP contribution in [0.5, 0.6) is 0 Å². The third kappa shape index (κ3) is 3.22. The van der Waals surface area contributed by atoms with Crippen molar-refractivity contribution in [2.45, 2.75) is 18.9 Å². The van der Waals surface area contributed by atoms with Gasteiger partial charge in [-0.15, -0.1) is 0 Å². The predicted molar refractivity (Wildman–Crippen MR) is 49.3 cm³/mol. The van der Waals surface area contributed by atoms with Crippen molar-refractivity contribution in [3.63, 3.8) is 0 Å². The van der Waals surface area contributed by atoms with Gasteiger partial charge in [-0.25, -0.2) is 13.2 Å². The molecule has 0 atom stereocenters. The quantitative estimate of drug-likeness (QED) is 0.607. The van der Waals surface area contributed by atoms with E-state index >= 15 is 0 Å². The molecule has 0 aromatic heterocycles. The second-order valence-electron chi connectivity index (χ2n) is 3.15. The van der Waals surface area contributed by atoms with Gasteiger partial charge < -0.3 is 10.6 Å². The van der Waals surface area contributed by atoms with Crippen molar-refractivity contribution in [2.24, 2.45) is 0 Å². The standard InChI is InChI=1S/C7H14N2O3S/c1-8-7(10)9-6-2-4-13(11,12)5-3-6/h6H,2-5H2,1H3,(H2,8,9,10). The first kappa shape index (κ1) is 10.3. The molecule has 0 spiro atoms. The zero-order valence-electron chi connectivity index (χ0n) is 7.54. The summed E-state index contributed by atoms with van der Waals surface area (Å²) >= 11 is 0.